The maximum atomic E-state index is 12.0. The van der Waals surface area contributed by atoms with Crippen LogP contribution in [-0.4, -0.2) is 30.9 Å². The van der Waals surface area contributed by atoms with Crippen molar-refractivity contribution in [3.05, 3.63) is 28.6 Å². The van der Waals surface area contributed by atoms with Gasteiger partial charge in [-0.3, -0.25) is 4.79 Å². The van der Waals surface area contributed by atoms with E-state index in [1.165, 1.54) is 13.0 Å². The Morgan fingerprint density at radius 1 is 1.19 bits per heavy atom. The molecule has 0 spiro atoms. The molecular formula is C19H24O7. The molecule has 0 aliphatic heterocycles. The van der Waals surface area contributed by atoms with Crippen LogP contribution < -0.4 is 15.1 Å². The van der Waals surface area contributed by atoms with Crippen LogP contribution in [0.1, 0.15) is 33.6 Å². The zero-order valence-electron chi connectivity index (χ0n) is 15.2. The lowest BCUT2D eigenvalue weighted by atomic mass is 10.1. The highest BCUT2D eigenvalue weighted by Gasteiger charge is 2.16. The number of rotatable bonds is 9. The summed E-state index contributed by atoms with van der Waals surface area (Å²) in [5.74, 6) is 0.127. The van der Waals surface area contributed by atoms with Gasteiger partial charge in [-0.1, -0.05) is 13.8 Å². The quantitative estimate of drug-likeness (QED) is 0.414. The maximum Gasteiger partial charge on any atom is 0.383 e. The lowest BCUT2D eigenvalue weighted by Gasteiger charge is -2.11. The van der Waals surface area contributed by atoms with Crippen LogP contribution in [0, 0.1) is 5.92 Å². The average molecular weight is 364 g/mol. The van der Waals surface area contributed by atoms with Gasteiger partial charge in [0.1, 0.15) is 24.5 Å². The maximum absolute atomic E-state index is 12.0. The van der Waals surface area contributed by atoms with Crippen molar-refractivity contribution in [2.45, 2.75) is 33.6 Å². The van der Waals surface area contributed by atoms with Crippen molar-refractivity contribution < 1.29 is 28.5 Å². The van der Waals surface area contributed by atoms with Gasteiger partial charge in [-0.15, -0.1) is 0 Å². The molecule has 2 aromatic rings. The largest absolute Gasteiger partial charge is 0.504 e. The normalized spacial score (nSPS) is 10.9. The predicted octanol–water partition coefficient (Wildman–Crippen LogP) is 3.26. The van der Waals surface area contributed by atoms with Crippen molar-refractivity contribution in [2.24, 2.45) is 5.92 Å². The molecule has 26 heavy (non-hydrogen) atoms. The highest BCUT2D eigenvalue weighted by atomic mass is 16.6. The molecule has 0 fully saturated rings. The molecule has 0 unspecified atom stereocenters. The van der Waals surface area contributed by atoms with Crippen molar-refractivity contribution in [1.29, 1.82) is 0 Å². The average Bonchev–Trinajstić information content (AvgIpc) is 2.58. The van der Waals surface area contributed by atoms with Gasteiger partial charge in [0.05, 0.1) is 12.0 Å². The fraction of sp³-hybridized carbons (Fsp3) is 0.474. The van der Waals surface area contributed by atoms with Crippen LogP contribution in [0.4, 0.5) is 0 Å². The number of esters is 1. The van der Waals surface area contributed by atoms with E-state index in [1.54, 1.807) is 12.1 Å². The van der Waals surface area contributed by atoms with Gasteiger partial charge in [0, 0.05) is 6.92 Å². The van der Waals surface area contributed by atoms with Crippen LogP contribution in [0.25, 0.3) is 11.0 Å². The second kappa shape index (κ2) is 9.12. The van der Waals surface area contributed by atoms with Crippen molar-refractivity contribution in [1.82, 2.24) is 0 Å². The highest BCUT2D eigenvalue weighted by molar-refractivity contribution is 5.86. The molecule has 0 saturated carbocycles. The van der Waals surface area contributed by atoms with Crippen LogP contribution in [0.5, 0.6) is 17.2 Å². The highest BCUT2D eigenvalue weighted by Crippen LogP contribution is 2.33. The SMILES string of the molecule is CC(=O)OCCOc1ccc2oc(=O)c(OCCCC(C)C)c(O)c2c1. The molecule has 0 atom stereocenters. The first-order valence-electron chi connectivity index (χ1n) is 8.57. The summed E-state index contributed by atoms with van der Waals surface area (Å²) in [7, 11) is 0. The molecule has 142 valence electrons. The van der Waals surface area contributed by atoms with Crippen molar-refractivity contribution in [2.75, 3.05) is 19.8 Å². The second-order valence-electron chi connectivity index (χ2n) is 6.30. The first-order chi connectivity index (χ1) is 12.4. The molecule has 1 aromatic heterocycles. The molecule has 0 aliphatic carbocycles. The zero-order valence-corrected chi connectivity index (χ0v) is 15.2. The molecule has 1 aromatic carbocycles. The Bertz CT molecular complexity index is 807. The number of benzene rings is 1. The Morgan fingerprint density at radius 2 is 1.96 bits per heavy atom. The summed E-state index contributed by atoms with van der Waals surface area (Å²) >= 11 is 0. The third kappa shape index (κ3) is 5.40. The summed E-state index contributed by atoms with van der Waals surface area (Å²) in [5, 5.41) is 10.7. The van der Waals surface area contributed by atoms with Gasteiger partial charge in [0.2, 0.25) is 5.75 Å². The first kappa shape index (κ1) is 19.6. The van der Waals surface area contributed by atoms with Crippen molar-refractivity contribution in [3.63, 3.8) is 0 Å². The minimum Gasteiger partial charge on any atom is -0.504 e. The van der Waals surface area contributed by atoms with E-state index >= 15 is 0 Å². The molecule has 0 radical (unpaired) electrons. The number of ether oxygens (including phenoxy) is 3. The lowest BCUT2D eigenvalue weighted by molar-refractivity contribution is -0.141. The van der Waals surface area contributed by atoms with E-state index in [0.29, 0.717) is 23.7 Å². The third-order valence-electron chi connectivity index (χ3n) is 3.64. The van der Waals surface area contributed by atoms with Crippen LogP contribution in [0.2, 0.25) is 0 Å². The van der Waals surface area contributed by atoms with Gasteiger partial charge >= 0.3 is 11.6 Å². The number of aromatic hydroxyl groups is 1. The van der Waals surface area contributed by atoms with Crippen molar-refractivity contribution in [3.8, 4) is 17.2 Å². The van der Waals surface area contributed by atoms with E-state index in [1.807, 2.05) is 0 Å². The van der Waals surface area contributed by atoms with Gasteiger partial charge in [-0.25, -0.2) is 4.79 Å². The molecule has 1 heterocycles. The molecule has 7 heteroatoms. The monoisotopic (exact) mass is 364 g/mol. The Labute approximate surface area is 151 Å². The fourth-order valence-electron chi connectivity index (χ4n) is 2.38. The predicted molar refractivity (Wildman–Crippen MR) is 95.8 cm³/mol. The van der Waals surface area contributed by atoms with E-state index in [2.05, 4.69) is 13.8 Å². The summed E-state index contributed by atoms with van der Waals surface area (Å²) in [6.07, 6.45) is 1.73. The number of carbonyl (C=O) groups is 1. The summed E-state index contributed by atoms with van der Waals surface area (Å²) < 4.78 is 20.9. The molecule has 2 rings (SSSR count). The molecule has 0 aliphatic rings. The molecule has 7 nitrogen and oxygen atoms in total. The smallest absolute Gasteiger partial charge is 0.383 e. The second-order valence-corrected chi connectivity index (χ2v) is 6.30. The van der Waals surface area contributed by atoms with Gasteiger partial charge in [-0.2, -0.15) is 0 Å². The molecule has 0 bridgehead atoms. The van der Waals surface area contributed by atoms with E-state index in [-0.39, 0.29) is 36.3 Å². The van der Waals surface area contributed by atoms with Gasteiger partial charge < -0.3 is 23.7 Å². The first-order valence-corrected chi connectivity index (χ1v) is 8.57. The molecule has 1 N–H and O–H groups in total. The molecule has 0 saturated heterocycles. The zero-order chi connectivity index (χ0) is 19.1. The number of fused-ring (bicyclic) bond motifs is 1. The van der Waals surface area contributed by atoms with E-state index in [9.17, 15) is 14.7 Å². The minimum atomic E-state index is -0.719. The Hall–Kier alpha value is -2.70. The van der Waals surface area contributed by atoms with Crippen molar-refractivity contribution >= 4 is 16.9 Å². The summed E-state index contributed by atoms with van der Waals surface area (Å²) in [5.41, 5.74) is -0.488. The Morgan fingerprint density at radius 3 is 2.65 bits per heavy atom. The Balaban J connectivity index is 2.13. The van der Waals surface area contributed by atoms with Crippen LogP contribution in [0.15, 0.2) is 27.4 Å². The lowest BCUT2D eigenvalue weighted by Crippen LogP contribution is -2.10. The summed E-state index contributed by atoms with van der Waals surface area (Å²) in [6.45, 7) is 6.13. The van der Waals surface area contributed by atoms with Gasteiger partial charge in [0.15, 0.2) is 5.75 Å². The van der Waals surface area contributed by atoms with Crippen LogP contribution in [-0.2, 0) is 9.53 Å². The van der Waals surface area contributed by atoms with Gasteiger partial charge in [0.25, 0.3) is 0 Å². The number of hydrogen-bond acceptors (Lipinski definition) is 7. The minimum absolute atomic E-state index is 0.118. The van der Waals surface area contributed by atoms with E-state index < -0.39 is 5.63 Å². The van der Waals surface area contributed by atoms with Crippen LogP contribution >= 0.6 is 0 Å². The summed E-state index contributed by atoms with van der Waals surface area (Å²) in [4.78, 5) is 22.7. The number of carbonyl (C=O) groups excluding carboxylic acids is 1. The number of hydrogen-bond donors (Lipinski definition) is 1. The standard InChI is InChI=1S/C19H24O7/c1-12(2)5-4-8-25-18-17(21)15-11-14(24-10-9-23-13(3)20)6-7-16(15)26-19(18)22/h6-7,11-12,21H,4-5,8-10H2,1-3H3. The Kier molecular flexibility index (Phi) is 6.89. The molecule has 0 amide bonds. The fourth-order valence-corrected chi connectivity index (χ4v) is 2.38. The van der Waals surface area contributed by atoms with Crippen LogP contribution in [0.3, 0.4) is 0 Å². The van der Waals surface area contributed by atoms with E-state index in [4.69, 9.17) is 18.6 Å². The van der Waals surface area contributed by atoms with Gasteiger partial charge in [-0.05, 0) is 37.0 Å². The molecular weight excluding hydrogens is 340 g/mol. The van der Waals surface area contributed by atoms with E-state index in [0.717, 1.165) is 12.8 Å². The topological polar surface area (TPSA) is 95.2 Å². The third-order valence-corrected chi connectivity index (χ3v) is 3.64. The summed E-state index contributed by atoms with van der Waals surface area (Å²) in [6, 6.07) is 4.67.